The first-order valence-corrected chi connectivity index (χ1v) is 15.7. The molecule has 0 aromatic heterocycles. The number of nitrogens with zero attached hydrogens (tertiary/aromatic N) is 1. The minimum Gasteiger partial charge on any atom is -0.497 e. The highest BCUT2D eigenvalue weighted by Gasteiger charge is 2.72. The van der Waals surface area contributed by atoms with Crippen molar-refractivity contribution in [3.05, 3.63) is 96.6 Å². The van der Waals surface area contributed by atoms with Gasteiger partial charge in [0.15, 0.2) is 0 Å². The van der Waals surface area contributed by atoms with Crippen LogP contribution < -0.4 is 20.1 Å². The zero-order chi connectivity index (χ0) is 31.0. The second kappa shape index (κ2) is 12.0. The van der Waals surface area contributed by atoms with E-state index in [0.29, 0.717) is 22.9 Å². The van der Waals surface area contributed by atoms with Crippen LogP contribution in [0.15, 0.2) is 91.0 Å². The lowest BCUT2D eigenvalue weighted by Gasteiger charge is -2.34. The molecule has 0 radical (unpaired) electrons. The third-order valence-corrected chi connectivity index (χ3v) is 9.49. The summed E-state index contributed by atoms with van der Waals surface area (Å²) in [7, 11) is 1.60. The number of fused-ring (bicyclic) bond motifs is 1. The lowest BCUT2D eigenvalue weighted by molar-refractivity contribution is -0.142. The van der Waals surface area contributed by atoms with Crippen molar-refractivity contribution in [2.24, 2.45) is 11.8 Å². The number of hydrogen-bond acceptors (Lipinski definition) is 6. The number of nitrogens with one attached hydrogen (secondary N) is 2. The molecule has 9 heteroatoms. The fourth-order valence-corrected chi connectivity index (χ4v) is 7.35. The second-order valence-electron chi connectivity index (χ2n) is 12.3. The zero-order valence-corrected chi connectivity index (χ0v) is 25.2. The van der Waals surface area contributed by atoms with Crippen molar-refractivity contribution in [3.63, 3.8) is 0 Å². The molecule has 3 amide bonds. The molecule has 3 aromatic rings. The van der Waals surface area contributed by atoms with Crippen molar-refractivity contribution in [1.82, 2.24) is 10.2 Å². The van der Waals surface area contributed by atoms with E-state index in [4.69, 9.17) is 14.2 Å². The number of ether oxygens (including phenoxy) is 3. The summed E-state index contributed by atoms with van der Waals surface area (Å²) in [6.45, 7) is 0.211. The number of hydrogen-bond donors (Lipinski definition) is 2. The van der Waals surface area contributed by atoms with Gasteiger partial charge in [0.2, 0.25) is 17.7 Å². The maximum absolute atomic E-state index is 14.3. The number of likely N-dealkylation sites (tertiary alicyclic amines) is 1. The van der Waals surface area contributed by atoms with E-state index in [9.17, 15) is 14.4 Å². The third-order valence-electron chi connectivity index (χ3n) is 9.49. The van der Waals surface area contributed by atoms with Gasteiger partial charge >= 0.3 is 0 Å². The normalized spacial score (nSPS) is 26.9. The molecule has 5 atom stereocenters. The van der Waals surface area contributed by atoms with Gasteiger partial charge < -0.3 is 29.7 Å². The molecule has 1 aliphatic carbocycles. The van der Waals surface area contributed by atoms with Gasteiger partial charge in [-0.3, -0.25) is 14.4 Å². The molecule has 1 saturated carbocycles. The lowest BCUT2D eigenvalue weighted by atomic mass is 9.74. The van der Waals surface area contributed by atoms with Crippen LogP contribution in [0.5, 0.6) is 17.2 Å². The average Bonchev–Trinajstić information content (AvgIpc) is 3.71. The molecule has 2 N–H and O–H groups in total. The first-order chi connectivity index (χ1) is 21.9. The lowest BCUT2D eigenvalue weighted by Crippen LogP contribution is -2.56. The molecule has 2 bridgehead atoms. The van der Waals surface area contributed by atoms with E-state index >= 15 is 0 Å². The Morgan fingerprint density at radius 1 is 0.889 bits per heavy atom. The summed E-state index contributed by atoms with van der Waals surface area (Å²) in [5.74, 6) is -0.362. The predicted octanol–water partition coefficient (Wildman–Crippen LogP) is 5.23. The van der Waals surface area contributed by atoms with Gasteiger partial charge in [0.1, 0.15) is 28.9 Å². The van der Waals surface area contributed by atoms with Gasteiger partial charge in [0.05, 0.1) is 25.0 Å². The Morgan fingerprint density at radius 3 is 2.29 bits per heavy atom. The average molecular weight is 608 g/mol. The van der Waals surface area contributed by atoms with Crippen molar-refractivity contribution in [1.29, 1.82) is 0 Å². The molecule has 45 heavy (non-hydrogen) atoms. The molecule has 3 aliphatic heterocycles. The highest BCUT2D eigenvalue weighted by atomic mass is 16.5. The predicted molar refractivity (Wildman–Crippen MR) is 168 cm³/mol. The molecular weight excluding hydrogens is 570 g/mol. The molecule has 3 heterocycles. The highest BCUT2D eigenvalue weighted by molar-refractivity contribution is 6.02. The minimum atomic E-state index is -1.22. The van der Waals surface area contributed by atoms with Crippen LogP contribution in [0.4, 0.5) is 5.69 Å². The topological polar surface area (TPSA) is 106 Å². The van der Waals surface area contributed by atoms with E-state index in [1.54, 1.807) is 36.3 Å². The molecule has 3 aromatic carbocycles. The first kappa shape index (κ1) is 29.1. The zero-order valence-electron chi connectivity index (χ0n) is 25.2. The minimum absolute atomic E-state index is 0.0650. The van der Waals surface area contributed by atoms with Crippen LogP contribution >= 0.6 is 0 Å². The smallest absolute Gasteiger partial charge is 0.246 e. The highest BCUT2D eigenvalue weighted by Crippen LogP contribution is 2.55. The van der Waals surface area contributed by atoms with Gasteiger partial charge in [0, 0.05) is 18.3 Å². The Bertz CT molecular complexity index is 1590. The molecule has 2 saturated heterocycles. The molecule has 7 rings (SSSR count). The van der Waals surface area contributed by atoms with Crippen molar-refractivity contribution in [2.45, 2.75) is 62.4 Å². The summed E-state index contributed by atoms with van der Waals surface area (Å²) >= 11 is 0. The van der Waals surface area contributed by atoms with E-state index in [-0.39, 0.29) is 30.3 Å². The van der Waals surface area contributed by atoms with Gasteiger partial charge in [-0.15, -0.1) is 0 Å². The van der Waals surface area contributed by atoms with Crippen LogP contribution in [0.1, 0.15) is 37.7 Å². The number of carbonyl (C=O) groups is 3. The Labute approximate surface area is 262 Å². The van der Waals surface area contributed by atoms with E-state index < -0.39 is 29.6 Å². The van der Waals surface area contributed by atoms with Gasteiger partial charge in [-0.2, -0.15) is 0 Å². The van der Waals surface area contributed by atoms with Crippen LogP contribution in [0.2, 0.25) is 0 Å². The van der Waals surface area contributed by atoms with Crippen LogP contribution in [-0.4, -0.2) is 53.5 Å². The van der Waals surface area contributed by atoms with Crippen molar-refractivity contribution < 1.29 is 28.6 Å². The first-order valence-electron chi connectivity index (χ1n) is 15.7. The molecule has 5 unspecified atom stereocenters. The number of amides is 3. The second-order valence-corrected chi connectivity index (χ2v) is 12.3. The van der Waals surface area contributed by atoms with Crippen molar-refractivity contribution >= 4 is 23.4 Å². The summed E-state index contributed by atoms with van der Waals surface area (Å²) < 4.78 is 17.7. The van der Waals surface area contributed by atoms with Gasteiger partial charge in [-0.05, 0) is 66.9 Å². The summed E-state index contributed by atoms with van der Waals surface area (Å²) in [4.78, 5) is 43.8. The molecule has 9 nitrogen and oxygen atoms in total. The molecule has 3 fully saturated rings. The Morgan fingerprint density at radius 2 is 1.58 bits per heavy atom. The van der Waals surface area contributed by atoms with Crippen LogP contribution in [-0.2, 0) is 25.7 Å². The Hall–Kier alpha value is -4.63. The van der Waals surface area contributed by atoms with E-state index in [1.807, 2.05) is 66.7 Å². The fraction of sp³-hybridized carbons (Fsp3) is 0.361. The fourth-order valence-electron chi connectivity index (χ4n) is 7.35. The number of carbonyl (C=O) groups excluding carboxylic acids is 3. The van der Waals surface area contributed by atoms with Crippen LogP contribution in [0, 0.1) is 11.8 Å². The monoisotopic (exact) mass is 607 g/mol. The van der Waals surface area contributed by atoms with E-state index in [0.717, 1.165) is 37.7 Å². The maximum Gasteiger partial charge on any atom is 0.246 e. The summed E-state index contributed by atoms with van der Waals surface area (Å²) in [6, 6.07) is 23.2. The van der Waals surface area contributed by atoms with Gasteiger partial charge in [0.25, 0.3) is 0 Å². The Balaban J connectivity index is 1.13. The Kier molecular flexibility index (Phi) is 7.79. The summed E-state index contributed by atoms with van der Waals surface area (Å²) in [5.41, 5.74) is 0.212. The molecule has 232 valence electrons. The maximum atomic E-state index is 14.3. The quantitative estimate of drug-likeness (QED) is 0.323. The van der Waals surface area contributed by atoms with Crippen molar-refractivity contribution in [2.75, 3.05) is 12.4 Å². The molecule has 1 spiro atoms. The van der Waals surface area contributed by atoms with E-state index in [1.165, 1.54) is 0 Å². The SMILES string of the molecule is COc1ccc(CN2C(=O)C3C(C(=O)Nc4ccc(Oc5ccccc5)cc4)C4C=CC3(O4)C2C(=O)NC2CCCCC2)cc1. The van der Waals surface area contributed by atoms with Gasteiger partial charge in [-0.25, -0.2) is 0 Å². The molecular formula is C36H37N3O6. The third kappa shape index (κ3) is 5.46. The molecule has 4 aliphatic rings. The van der Waals surface area contributed by atoms with E-state index in [2.05, 4.69) is 10.6 Å². The summed E-state index contributed by atoms with van der Waals surface area (Å²) in [6.07, 6.45) is 8.21. The van der Waals surface area contributed by atoms with Crippen LogP contribution in [0.25, 0.3) is 0 Å². The summed E-state index contributed by atoms with van der Waals surface area (Å²) in [5, 5.41) is 6.22. The van der Waals surface area contributed by atoms with Crippen molar-refractivity contribution in [3.8, 4) is 17.2 Å². The number of anilines is 1. The standard InChI is InChI=1S/C36H37N3O6/c1-43-26-16-12-23(13-17-26)22-39-32(34(41)38-24-8-4-2-5-9-24)36-21-20-29(45-36)30(31(36)35(39)42)33(40)37-25-14-18-28(19-15-25)44-27-10-6-3-7-11-27/h3,6-7,10-21,24,29-32H,2,4-5,8-9,22H2,1H3,(H,37,40)(H,38,41). The largest absolute Gasteiger partial charge is 0.497 e. The number of rotatable bonds is 9. The number of benzene rings is 3. The number of para-hydroxylation sites is 1. The van der Waals surface area contributed by atoms with Crippen LogP contribution in [0.3, 0.4) is 0 Å². The number of methoxy groups -OCH3 is 1. The van der Waals surface area contributed by atoms with Gasteiger partial charge in [-0.1, -0.05) is 61.7 Å².